The molecule has 1 saturated carbocycles. The Morgan fingerprint density at radius 1 is 1.50 bits per heavy atom. The molecule has 3 unspecified atom stereocenters. The maximum Gasteiger partial charge on any atom is 0.315 e. The first-order valence-corrected chi connectivity index (χ1v) is 8.19. The van der Waals surface area contributed by atoms with Crippen LogP contribution in [-0.4, -0.2) is 41.3 Å². The van der Waals surface area contributed by atoms with Gasteiger partial charge in [0.05, 0.1) is 6.10 Å². The molecule has 0 spiro atoms. The number of carbonyl (C=O) groups is 1. The van der Waals surface area contributed by atoms with Crippen molar-refractivity contribution < 1.29 is 9.90 Å². The van der Waals surface area contributed by atoms with E-state index in [1.165, 1.54) is 12.8 Å². The van der Waals surface area contributed by atoms with Crippen molar-refractivity contribution in [3.63, 3.8) is 0 Å². The van der Waals surface area contributed by atoms with Gasteiger partial charge in [-0.1, -0.05) is 13.3 Å². The van der Waals surface area contributed by atoms with Gasteiger partial charge in [0.2, 0.25) is 0 Å². The summed E-state index contributed by atoms with van der Waals surface area (Å²) in [5, 5.41) is 15.9. The second-order valence-corrected chi connectivity index (χ2v) is 6.11. The maximum absolute atomic E-state index is 11.7. The fourth-order valence-corrected chi connectivity index (χ4v) is 3.11. The summed E-state index contributed by atoms with van der Waals surface area (Å²) in [6.45, 7) is 2.48. The Bertz CT molecular complexity index is 251. The van der Waals surface area contributed by atoms with E-state index in [4.69, 9.17) is 0 Å². The van der Waals surface area contributed by atoms with Crippen molar-refractivity contribution >= 4 is 17.8 Å². The number of aliphatic hydroxyl groups excluding tert-OH is 1. The standard InChI is InChI=1S/C13H26N2O2S/c1-3-11(16)7-8-14-13(17)15-10-5-4-6-12(9-10)18-2/h10-12,16H,3-9H2,1-2H3,(H2,14,15,17). The van der Waals surface area contributed by atoms with Crippen molar-refractivity contribution in [3.8, 4) is 0 Å². The Hall–Kier alpha value is -0.420. The number of aliphatic hydroxyl groups is 1. The van der Waals surface area contributed by atoms with Crippen LogP contribution in [0.4, 0.5) is 4.79 Å². The summed E-state index contributed by atoms with van der Waals surface area (Å²) in [6.07, 6.45) is 7.83. The average molecular weight is 274 g/mol. The molecule has 4 nitrogen and oxygen atoms in total. The second kappa shape index (κ2) is 8.64. The molecule has 0 aromatic heterocycles. The van der Waals surface area contributed by atoms with Crippen LogP contribution < -0.4 is 10.6 Å². The SMILES string of the molecule is CCC(O)CCNC(=O)NC1CCCC(SC)C1. The smallest absolute Gasteiger partial charge is 0.315 e. The molecule has 1 aliphatic rings. The van der Waals surface area contributed by atoms with E-state index in [1.807, 2.05) is 18.7 Å². The van der Waals surface area contributed by atoms with Gasteiger partial charge in [-0.2, -0.15) is 11.8 Å². The Morgan fingerprint density at radius 3 is 2.94 bits per heavy atom. The first-order chi connectivity index (χ1) is 8.65. The Balaban J connectivity index is 2.15. The highest BCUT2D eigenvalue weighted by atomic mass is 32.2. The van der Waals surface area contributed by atoms with E-state index in [-0.39, 0.29) is 12.1 Å². The predicted octanol–water partition coefficient (Wildman–Crippen LogP) is 2.12. The van der Waals surface area contributed by atoms with Gasteiger partial charge in [0, 0.05) is 17.8 Å². The van der Waals surface area contributed by atoms with Crippen LogP contribution in [-0.2, 0) is 0 Å². The predicted molar refractivity (Wildman–Crippen MR) is 77.0 cm³/mol. The molecule has 0 aromatic rings. The lowest BCUT2D eigenvalue weighted by Crippen LogP contribution is -2.45. The van der Waals surface area contributed by atoms with Crippen molar-refractivity contribution in [2.75, 3.05) is 12.8 Å². The van der Waals surface area contributed by atoms with Gasteiger partial charge in [0.25, 0.3) is 0 Å². The number of rotatable bonds is 6. The van der Waals surface area contributed by atoms with Crippen LogP contribution in [0.15, 0.2) is 0 Å². The molecule has 0 heterocycles. The zero-order chi connectivity index (χ0) is 13.4. The second-order valence-electron chi connectivity index (χ2n) is 4.97. The van der Waals surface area contributed by atoms with E-state index in [1.54, 1.807) is 0 Å². The summed E-state index contributed by atoms with van der Waals surface area (Å²) >= 11 is 1.90. The number of amides is 2. The molecule has 0 aliphatic heterocycles. The van der Waals surface area contributed by atoms with Gasteiger partial charge < -0.3 is 15.7 Å². The lowest BCUT2D eigenvalue weighted by Gasteiger charge is -2.28. The zero-order valence-electron chi connectivity index (χ0n) is 11.4. The van der Waals surface area contributed by atoms with E-state index >= 15 is 0 Å². The van der Waals surface area contributed by atoms with Crippen LogP contribution in [0.25, 0.3) is 0 Å². The first kappa shape index (κ1) is 15.6. The molecule has 1 rings (SSSR count). The maximum atomic E-state index is 11.7. The molecule has 0 saturated heterocycles. The zero-order valence-corrected chi connectivity index (χ0v) is 12.3. The summed E-state index contributed by atoms with van der Waals surface area (Å²) in [4.78, 5) is 11.7. The number of hydrogen-bond donors (Lipinski definition) is 3. The fourth-order valence-electron chi connectivity index (χ4n) is 2.28. The van der Waals surface area contributed by atoms with Crippen molar-refractivity contribution in [1.29, 1.82) is 0 Å². The molecular weight excluding hydrogens is 248 g/mol. The fraction of sp³-hybridized carbons (Fsp3) is 0.923. The molecular formula is C13H26N2O2S. The lowest BCUT2D eigenvalue weighted by molar-refractivity contribution is 0.159. The average Bonchev–Trinajstić information content (AvgIpc) is 2.38. The van der Waals surface area contributed by atoms with Crippen LogP contribution in [0.5, 0.6) is 0 Å². The summed E-state index contributed by atoms with van der Waals surface area (Å²) in [5.74, 6) is 0. The van der Waals surface area contributed by atoms with E-state index in [0.717, 1.165) is 19.3 Å². The highest BCUT2D eigenvalue weighted by molar-refractivity contribution is 7.99. The summed E-state index contributed by atoms with van der Waals surface area (Å²) in [7, 11) is 0. The summed E-state index contributed by atoms with van der Waals surface area (Å²) in [6, 6.07) is 0.220. The highest BCUT2D eigenvalue weighted by Gasteiger charge is 2.22. The van der Waals surface area contributed by atoms with Gasteiger partial charge in [0.15, 0.2) is 0 Å². The molecule has 2 amide bonds. The minimum atomic E-state index is -0.305. The molecule has 0 bridgehead atoms. The third-order valence-electron chi connectivity index (χ3n) is 3.53. The van der Waals surface area contributed by atoms with E-state index in [9.17, 15) is 9.90 Å². The van der Waals surface area contributed by atoms with E-state index < -0.39 is 0 Å². The molecule has 1 aliphatic carbocycles. The molecule has 18 heavy (non-hydrogen) atoms. The van der Waals surface area contributed by atoms with Crippen LogP contribution in [0.2, 0.25) is 0 Å². The van der Waals surface area contributed by atoms with E-state index in [2.05, 4.69) is 16.9 Å². The molecule has 106 valence electrons. The minimum absolute atomic E-state index is 0.0925. The quantitative estimate of drug-likeness (QED) is 0.695. The molecule has 0 aromatic carbocycles. The third-order valence-corrected chi connectivity index (χ3v) is 4.62. The van der Waals surface area contributed by atoms with Crippen LogP contribution in [0.1, 0.15) is 45.4 Å². The summed E-state index contributed by atoms with van der Waals surface area (Å²) < 4.78 is 0. The number of thioether (sulfide) groups is 1. The molecule has 1 fully saturated rings. The van der Waals surface area contributed by atoms with Crippen LogP contribution >= 0.6 is 11.8 Å². The van der Waals surface area contributed by atoms with Crippen molar-refractivity contribution in [3.05, 3.63) is 0 Å². The molecule has 3 N–H and O–H groups in total. The third kappa shape index (κ3) is 5.96. The van der Waals surface area contributed by atoms with Gasteiger partial charge in [-0.15, -0.1) is 0 Å². The van der Waals surface area contributed by atoms with Crippen LogP contribution in [0, 0.1) is 0 Å². The van der Waals surface area contributed by atoms with Crippen molar-refractivity contribution in [2.24, 2.45) is 0 Å². The Kier molecular flexibility index (Phi) is 7.51. The molecule has 3 atom stereocenters. The summed E-state index contributed by atoms with van der Waals surface area (Å²) in [5.41, 5.74) is 0. The largest absolute Gasteiger partial charge is 0.393 e. The van der Waals surface area contributed by atoms with Gasteiger partial charge in [-0.05, 0) is 38.4 Å². The van der Waals surface area contributed by atoms with E-state index in [0.29, 0.717) is 24.3 Å². The van der Waals surface area contributed by atoms with Gasteiger partial charge >= 0.3 is 6.03 Å². The lowest BCUT2D eigenvalue weighted by atomic mass is 9.95. The van der Waals surface area contributed by atoms with Crippen LogP contribution in [0.3, 0.4) is 0 Å². The number of urea groups is 1. The number of carbonyl (C=O) groups excluding carboxylic acids is 1. The van der Waals surface area contributed by atoms with Gasteiger partial charge in [0.1, 0.15) is 0 Å². The molecule has 0 radical (unpaired) electrons. The van der Waals surface area contributed by atoms with Crippen molar-refractivity contribution in [1.82, 2.24) is 10.6 Å². The first-order valence-electron chi connectivity index (χ1n) is 6.91. The normalized spacial score (nSPS) is 25.5. The van der Waals surface area contributed by atoms with Gasteiger partial charge in [-0.25, -0.2) is 4.79 Å². The Labute approximate surface area is 114 Å². The highest BCUT2D eigenvalue weighted by Crippen LogP contribution is 2.26. The monoisotopic (exact) mass is 274 g/mol. The Morgan fingerprint density at radius 2 is 2.28 bits per heavy atom. The molecule has 5 heteroatoms. The minimum Gasteiger partial charge on any atom is -0.393 e. The number of hydrogen-bond acceptors (Lipinski definition) is 3. The number of nitrogens with one attached hydrogen (secondary N) is 2. The van der Waals surface area contributed by atoms with Crippen molar-refractivity contribution in [2.45, 2.75) is 62.8 Å². The topological polar surface area (TPSA) is 61.4 Å². The van der Waals surface area contributed by atoms with Gasteiger partial charge in [-0.3, -0.25) is 0 Å².